The molecule has 3 rings (SSSR count). The van der Waals surface area contributed by atoms with Gasteiger partial charge in [0.25, 0.3) is 0 Å². The number of carbonyl (C=O) groups is 1. The van der Waals surface area contributed by atoms with Crippen LogP contribution in [0.1, 0.15) is 12.8 Å². The molecule has 1 saturated heterocycles. The van der Waals surface area contributed by atoms with Gasteiger partial charge in [-0.15, -0.1) is 22.6 Å². The minimum absolute atomic E-state index is 0. The SMILES string of the molecule is COc1ccc(-c2nnc(NC(=O)C3CCNCC3)s2)cc1.Cl. The van der Waals surface area contributed by atoms with E-state index in [0.29, 0.717) is 5.13 Å². The zero-order chi connectivity index (χ0) is 15.4. The Kier molecular flexibility index (Phi) is 6.32. The average Bonchev–Trinajstić information content (AvgIpc) is 3.04. The van der Waals surface area contributed by atoms with Gasteiger partial charge in [0.2, 0.25) is 11.0 Å². The van der Waals surface area contributed by atoms with E-state index in [2.05, 4.69) is 20.8 Å². The van der Waals surface area contributed by atoms with Crippen molar-refractivity contribution >= 4 is 34.8 Å². The van der Waals surface area contributed by atoms with E-state index < -0.39 is 0 Å². The van der Waals surface area contributed by atoms with Crippen LogP contribution in [0.4, 0.5) is 5.13 Å². The van der Waals surface area contributed by atoms with E-state index in [9.17, 15) is 4.79 Å². The molecule has 2 aromatic rings. The molecule has 1 amide bonds. The first-order valence-corrected chi connectivity index (χ1v) is 8.07. The summed E-state index contributed by atoms with van der Waals surface area (Å²) in [6, 6.07) is 7.61. The molecule has 0 bridgehead atoms. The molecule has 0 radical (unpaired) electrons. The fourth-order valence-corrected chi connectivity index (χ4v) is 3.17. The summed E-state index contributed by atoms with van der Waals surface area (Å²) in [5.74, 6) is 0.904. The van der Waals surface area contributed by atoms with E-state index >= 15 is 0 Å². The lowest BCUT2D eigenvalue weighted by molar-refractivity contribution is -0.120. The van der Waals surface area contributed by atoms with Gasteiger partial charge in [0.1, 0.15) is 10.8 Å². The third-order valence-corrected chi connectivity index (χ3v) is 4.59. The maximum atomic E-state index is 12.2. The Hall–Kier alpha value is -1.70. The Balaban J connectivity index is 0.00000192. The number of anilines is 1. The fraction of sp³-hybridized carbons (Fsp3) is 0.400. The molecule has 0 unspecified atom stereocenters. The smallest absolute Gasteiger partial charge is 0.229 e. The predicted molar refractivity (Wildman–Crippen MR) is 93.4 cm³/mol. The molecule has 0 spiro atoms. The maximum absolute atomic E-state index is 12.2. The van der Waals surface area contributed by atoms with Gasteiger partial charge in [0.15, 0.2) is 0 Å². The van der Waals surface area contributed by atoms with Crippen LogP contribution < -0.4 is 15.4 Å². The number of benzene rings is 1. The summed E-state index contributed by atoms with van der Waals surface area (Å²) in [7, 11) is 1.63. The van der Waals surface area contributed by atoms with Crippen LogP contribution in [0.2, 0.25) is 0 Å². The van der Waals surface area contributed by atoms with Crippen molar-refractivity contribution in [2.75, 3.05) is 25.5 Å². The molecule has 23 heavy (non-hydrogen) atoms. The number of nitrogens with one attached hydrogen (secondary N) is 2. The van der Waals surface area contributed by atoms with Gasteiger partial charge in [-0.2, -0.15) is 0 Å². The summed E-state index contributed by atoms with van der Waals surface area (Å²) in [5.41, 5.74) is 0.959. The van der Waals surface area contributed by atoms with Crippen LogP contribution in [-0.2, 0) is 4.79 Å². The van der Waals surface area contributed by atoms with Crippen molar-refractivity contribution in [3.63, 3.8) is 0 Å². The number of nitrogens with zero attached hydrogens (tertiary/aromatic N) is 2. The minimum atomic E-state index is 0. The highest BCUT2D eigenvalue weighted by atomic mass is 35.5. The molecule has 0 saturated carbocycles. The number of carbonyl (C=O) groups excluding carboxylic acids is 1. The highest BCUT2D eigenvalue weighted by Crippen LogP contribution is 2.28. The van der Waals surface area contributed by atoms with Crippen molar-refractivity contribution in [1.82, 2.24) is 15.5 Å². The second-order valence-electron chi connectivity index (χ2n) is 5.15. The summed E-state index contributed by atoms with van der Waals surface area (Å²) in [4.78, 5) is 12.2. The summed E-state index contributed by atoms with van der Waals surface area (Å²) in [5, 5.41) is 15.7. The van der Waals surface area contributed by atoms with Gasteiger partial charge in [-0.3, -0.25) is 4.79 Å². The van der Waals surface area contributed by atoms with E-state index in [1.54, 1.807) is 7.11 Å². The molecular formula is C15H19ClN4O2S. The zero-order valence-corrected chi connectivity index (χ0v) is 14.4. The lowest BCUT2D eigenvalue weighted by atomic mass is 9.97. The topological polar surface area (TPSA) is 76.1 Å². The number of hydrogen-bond acceptors (Lipinski definition) is 6. The summed E-state index contributed by atoms with van der Waals surface area (Å²) in [6.45, 7) is 1.79. The van der Waals surface area contributed by atoms with E-state index in [-0.39, 0.29) is 24.2 Å². The van der Waals surface area contributed by atoms with Crippen molar-refractivity contribution in [1.29, 1.82) is 0 Å². The van der Waals surface area contributed by atoms with E-state index in [4.69, 9.17) is 4.74 Å². The van der Waals surface area contributed by atoms with Crippen LogP contribution in [0.5, 0.6) is 5.75 Å². The number of rotatable bonds is 4. The molecule has 124 valence electrons. The normalized spacial score (nSPS) is 14.8. The molecule has 6 nitrogen and oxygen atoms in total. The van der Waals surface area contributed by atoms with Gasteiger partial charge in [0, 0.05) is 11.5 Å². The van der Waals surface area contributed by atoms with Crippen LogP contribution in [0, 0.1) is 5.92 Å². The van der Waals surface area contributed by atoms with Crippen LogP contribution in [0.25, 0.3) is 10.6 Å². The van der Waals surface area contributed by atoms with Crippen LogP contribution >= 0.6 is 23.7 Å². The van der Waals surface area contributed by atoms with Gasteiger partial charge in [-0.25, -0.2) is 0 Å². The lowest BCUT2D eigenvalue weighted by Crippen LogP contribution is -2.34. The summed E-state index contributed by atoms with van der Waals surface area (Å²) in [6.07, 6.45) is 1.74. The molecule has 1 aliphatic heterocycles. The Labute approximate surface area is 145 Å². The average molecular weight is 355 g/mol. The molecule has 1 aromatic carbocycles. The van der Waals surface area contributed by atoms with E-state index in [1.165, 1.54) is 11.3 Å². The molecule has 1 aliphatic rings. The van der Waals surface area contributed by atoms with Gasteiger partial charge < -0.3 is 15.4 Å². The van der Waals surface area contributed by atoms with Crippen LogP contribution in [-0.4, -0.2) is 36.3 Å². The number of halogens is 1. The second-order valence-corrected chi connectivity index (χ2v) is 6.13. The number of ether oxygens (including phenoxy) is 1. The standard InChI is InChI=1S/C15H18N4O2S.ClH/c1-21-12-4-2-11(3-5-12)14-18-19-15(22-14)17-13(20)10-6-8-16-9-7-10;/h2-5,10,16H,6-9H2,1H3,(H,17,19,20);1H. The second kappa shape index (κ2) is 8.24. The molecule has 0 aliphatic carbocycles. The van der Waals surface area contributed by atoms with E-state index in [0.717, 1.165) is 42.3 Å². The quantitative estimate of drug-likeness (QED) is 0.882. The van der Waals surface area contributed by atoms with Gasteiger partial charge in [0.05, 0.1) is 7.11 Å². The van der Waals surface area contributed by atoms with Crippen LogP contribution in [0.3, 0.4) is 0 Å². The van der Waals surface area contributed by atoms with Crippen molar-refractivity contribution < 1.29 is 9.53 Å². The summed E-state index contributed by atoms with van der Waals surface area (Å²) < 4.78 is 5.14. The molecule has 2 N–H and O–H groups in total. The number of methoxy groups -OCH3 is 1. The van der Waals surface area contributed by atoms with E-state index in [1.807, 2.05) is 24.3 Å². The third kappa shape index (κ3) is 4.40. The Morgan fingerprint density at radius 2 is 1.96 bits per heavy atom. The number of amides is 1. The van der Waals surface area contributed by atoms with Crippen molar-refractivity contribution in [3.05, 3.63) is 24.3 Å². The fourth-order valence-electron chi connectivity index (χ4n) is 2.42. The molecule has 8 heteroatoms. The molecular weight excluding hydrogens is 336 g/mol. The first-order chi connectivity index (χ1) is 10.8. The number of aromatic nitrogens is 2. The van der Waals surface area contributed by atoms with Crippen molar-refractivity contribution in [2.24, 2.45) is 5.92 Å². The third-order valence-electron chi connectivity index (χ3n) is 3.70. The highest BCUT2D eigenvalue weighted by Gasteiger charge is 2.22. The summed E-state index contributed by atoms with van der Waals surface area (Å²) >= 11 is 1.38. The van der Waals surface area contributed by atoms with Crippen molar-refractivity contribution in [2.45, 2.75) is 12.8 Å². The molecule has 2 heterocycles. The first kappa shape index (κ1) is 17.7. The molecule has 0 atom stereocenters. The largest absolute Gasteiger partial charge is 0.497 e. The predicted octanol–water partition coefficient (Wildman–Crippen LogP) is 2.57. The Bertz CT molecular complexity index is 641. The number of hydrogen-bond donors (Lipinski definition) is 2. The van der Waals surface area contributed by atoms with Gasteiger partial charge in [-0.1, -0.05) is 11.3 Å². The van der Waals surface area contributed by atoms with Gasteiger partial charge in [-0.05, 0) is 50.2 Å². The maximum Gasteiger partial charge on any atom is 0.229 e. The van der Waals surface area contributed by atoms with Gasteiger partial charge >= 0.3 is 0 Å². The molecule has 1 aromatic heterocycles. The zero-order valence-electron chi connectivity index (χ0n) is 12.7. The number of piperidine rings is 1. The monoisotopic (exact) mass is 354 g/mol. The highest BCUT2D eigenvalue weighted by molar-refractivity contribution is 7.18. The van der Waals surface area contributed by atoms with Crippen molar-refractivity contribution in [3.8, 4) is 16.3 Å². The minimum Gasteiger partial charge on any atom is -0.497 e. The van der Waals surface area contributed by atoms with Crippen LogP contribution in [0.15, 0.2) is 24.3 Å². The Morgan fingerprint density at radius 3 is 2.61 bits per heavy atom. The molecule has 1 fully saturated rings. The lowest BCUT2D eigenvalue weighted by Gasteiger charge is -2.20. The first-order valence-electron chi connectivity index (χ1n) is 7.26. The Morgan fingerprint density at radius 1 is 1.26 bits per heavy atom.